The first-order valence-corrected chi connectivity index (χ1v) is 11.0. The fourth-order valence-corrected chi connectivity index (χ4v) is 3.73. The summed E-state index contributed by atoms with van der Waals surface area (Å²) in [6.07, 6.45) is 10.1. The monoisotopic (exact) mass is 423 g/mol. The zero-order valence-corrected chi connectivity index (χ0v) is 18.0. The highest BCUT2D eigenvalue weighted by atomic mass is 19.1. The quantitative estimate of drug-likeness (QED) is 0.254. The molecule has 0 bridgehead atoms. The molecule has 0 amide bonds. The molecule has 0 aliphatic heterocycles. The van der Waals surface area contributed by atoms with Crippen molar-refractivity contribution in [1.29, 1.82) is 0 Å². The van der Waals surface area contributed by atoms with E-state index in [9.17, 15) is 4.39 Å². The summed E-state index contributed by atoms with van der Waals surface area (Å²) >= 11 is 0. The molecule has 2 heterocycles. The molecule has 2 aromatic carbocycles. The van der Waals surface area contributed by atoms with Gasteiger partial charge in [-0.05, 0) is 67.0 Å². The van der Waals surface area contributed by atoms with Gasteiger partial charge in [-0.25, -0.2) is 9.37 Å². The smallest absolute Gasteiger partial charge is 0.139 e. The Morgan fingerprint density at radius 2 is 1.53 bits per heavy atom. The van der Waals surface area contributed by atoms with Gasteiger partial charge >= 0.3 is 0 Å². The van der Waals surface area contributed by atoms with Crippen LogP contribution in [0.25, 0.3) is 11.3 Å². The highest BCUT2D eigenvalue weighted by Gasteiger charge is 2.11. The highest BCUT2D eigenvalue weighted by Crippen LogP contribution is 2.23. The van der Waals surface area contributed by atoms with Gasteiger partial charge in [-0.15, -0.1) is 0 Å². The van der Waals surface area contributed by atoms with Crippen molar-refractivity contribution < 1.29 is 4.39 Å². The lowest BCUT2D eigenvalue weighted by Crippen LogP contribution is -2.01. The van der Waals surface area contributed by atoms with Crippen molar-refractivity contribution in [2.45, 2.75) is 38.6 Å². The Balaban J connectivity index is 1.42. The second-order valence-electron chi connectivity index (χ2n) is 7.74. The molecule has 4 heteroatoms. The average molecular weight is 424 g/mol. The molecular formula is C28H26FN3. The van der Waals surface area contributed by atoms with Crippen molar-refractivity contribution in [1.82, 2.24) is 14.5 Å². The van der Waals surface area contributed by atoms with E-state index in [0.717, 1.165) is 61.2 Å². The van der Waals surface area contributed by atoms with Crippen LogP contribution in [0.2, 0.25) is 0 Å². The third-order valence-electron chi connectivity index (χ3n) is 5.39. The fourth-order valence-electron chi connectivity index (χ4n) is 3.73. The van der Waals surface area contributed by atoms with Crippen LogP contribution in [0.15, 0.2) is 85.5 Å². The predicted molar refractivity (Wildman–Crippen MR) is 126 cm³/mol. The summed E-state index contributed by atoms with van der Waals surface area (Å²) in [6.45, 7) is 0.881. The Hall–Kier alpha value is -3.71. The van der Waals surface area contributed by atoms with Crippen molar-refractivity contribution >= 4 is 0 Å². The van der Waals surface area contributed by atoms with Gasteiger partial charge in [-0.2, -0.15) is 0 Å². The van der Waals surface area contributed by atoms with Gasteiger partial charge in [0, 0.05) is 30.9 Å². The van der Waals surface area contributed by atoms with Gasteiger partial charge in [0.15, 0.2) is 0 Å². The molecule has 2 aromatic heterocycles. The van der Waals surface area contributed by atoms with E-state index in [1.807, 2.05) is 36.7 Å². The van der Waals surface area contributed by atoms with E-state index in [-0.39, 0.29) is 5.82 Å². The Labute approximate surface area is 189 Å². The Kier molecular flexibility index (Phi) is 7.44. The van der Waals surface area contributed by atoms with Crippen LogP contribution in [-0.2, 0) is 19.4 Å². The van der Waals surface area contributed by atoms with Crippen LogP contribution in [0.4, 0.5) is 4.39 Å². The minimum Gasteiger partial charge on any atom is -0.330 e. The first-order chi connectivity index (χ1) is 15.8. The van der Waals surface area contributed by atoms with Gasteiger partial charge in [0.1, 0.15) is 11.5 Å². The van der Waals surface area contributed by atoms with Crippen molar-refractivity contribution in [3.8, 4) is 23.1 Å². The van der Waals surface area contributed by atoms with E-state index >= 15 is 0 Å². The number of nitrogens with zero attached hydrogens (tertiary/aromatic N) is 3. The van der Waals surface area contributed by atoms with E-state index in [4.69, 9.17) is 0 Å². The number of halogens is 1. The Morgan fingerprint density at radius 3 is 2.31 bits per heavy atom. The molecule has 3 nitrogen and oxygen atoms in total. The molecule has 4 rings (SSSR count). The third kappa shape index (κ3) is 5.92. The number of aromatic nitrogens is 3. The number of aryl methyl sites for hydroxylation is 3. The molecule has 0 unspecified atom stereocenters. The lowest BCUT2D eigenvalue weighted by atomic mass is 10.1. The summed E-state index contributed by atoms with van der Waals surface area (Å²) in [5.41, 5.74) is 5.41. The average Bonchev–Trinajstić information content (AvgIpc) is 3.24. The number of hydrogen-bond acceptors (Lipinski definition) is 2. The van der Waals surface area contributed by atoms with Crippen molar-refractivity contribution in [2.75, 3.05) is 0 Å². The molecule has 160 valence electrons. The van der Waals surface area contributed by atoms with E-state index < -0.39 is 0 Å². The zero-order chi connectivity index (χ0) is 22.0. The van der Waals surface area contributed by atoms with E-state index in [1.165, 1.54) is 17.7 Å². The number of unbranched alkanes of at least 4 members (excludes halogenated alkanes) is 1. The van der Waals surface area contributed by atoms with Gasteiger partial charge in [-0.1, -0.05) is 48.4 Å². The molecule has 0 atom stereocenters. The summed E-state index contributed by atoms with van der Waals surface area (Å²) in [6, 6.07) is 21.2. The van der Waals surface area contributed by atoms with Crippen LogP contribution >= 0.6 is 0 Å². The number of hydrogen-bond donors (Lipinski definition) is 0. The molecule has 0 saturated heterocycles. The highest BCUT2D eigenvalue weighted by molar-refractivity contribution is 5.65. The lowest BCUT2D eigenvalue weighted by molar-refractivity contribution is 0.626. The molecule has 0 aliphatic carbocycles. The lowest BCUT2D eigenvalue weighted by Gasteiger charge is -2.09. The summed E-state index contributed by atoms with van der Waals surface area (Å²) < 4.78 is 15.2. The maximum Gasteiger partial charge on any atom is 0.139 e. The van der Waals surface area contributed by atoms with Crippen LogP contribution in [0.5, 0.6) is 0 Å². The first-order valence-electron chi connectivity index (χ1n) is 11.0. The maximum atomic E-state index is 13.0. The van der Waals surface area contributed by atoms with E-state index in [2.05, 4.69) is 50.6 Å². The van der Waals surface area contributed by atoms with Crippen LogP contribution in [0.1, 0.15) is 36.1 Å². The first kappa shape index (κ1) is 21.5. The Bertz CT molecular complexity index is 1170. The van der Waals surface area contributed by atoms with Gasteiger partial charge in [-0.3, -0.25) is 4.98 Å². The van der Waals surface area contributed by atoms with Gasteiger partial charge in [0.05, 0.1) is 12.0 Å². The molecule has 32 heavy (non-hydrogen) atoms. The summed E-state index contributed by atoms with van der Waals surface area (Å²) in [5.74, 6) is 6.35. The molecule has 4 aromatic rings. The van der Waals surface area contributed by atoms with Crippen molar-refractivity contribution in [3.63, 3.8) is 0 Å². The van der Waals surface area contributed by atoms with E-state index in [0.29, 0.717) is 0 Å². The van der Waals surface area contributed by atoms with E-state index in [1.54, 1.807) is 12.4 Å². The summed E-state index contributed by atoms with van der Waals surface area (Å²) in [7, 11) is 0. The molecule has 0 aliphatic rings. The Morgan fingerprint density at radius 1 is 0.812 bits per heavy atom. The standard InChI is InChI=1S/C28H26FN3/c29-26-15-13-24(14-16-26)10-5-2-6-12-27-28(25-17-19-30-20-18-25)32(22-31-27)21-7-11-23-8-3-1-4-9-23/h1,3-4,8-9,13-20,22H,2,5,7,10-11,21H2. The van der Waals surface area contributed by atoms with Crippen LogP contribution in [0, 0.1) is 17.7 Å². The minimum atomic E-state index is -0.198. The van der Waals surface area contributed by atoms with Crippen molar-refractivity contribution in [3.05, 3.63) is 108 Å². The molecular weight excluding hydrogens is 397 g/mol. The number of rotatable bonds is 8. The van der Waals surface area contributed by atoms with Crippen LogP contribution < -0.4 is 0 Å². The fraction of sp³-hybridized carbons (Fsp3) is 0.214. The summed E-state index contributed by atoms with van der Waals surface area (Å²) in [4.78, 5) is 8.76. The normalized spacial score (nSPS) is 10.5. The molecule has 0 radical (unpaired) electrons. The number of imidazole rings is 1. The van der Waals surface area contributed by atoms with Gasteiger partial charge in [0.2, 0.25) is 0 Å². The van der Waals surface area contributed by atoms with Gasteiger partial charge < -0.3 is 4.57 Å². The van der Waals surface area contributed by atoms with Crippen molar-refractivity contribution in [2.24, 2.45) is 0 Å². The predicted octanol–water partition coefficient (Wildman–Crippen LogP) is 6.09. The zero-order valence-electron chi connectivity index (χ0n) is 18.0. The second-order valence-corrected chi connectivity index (χ2v) is 7.74. The number of pyridine rings is 1. The topological polar surface area (TPSA) is 30.7 Å². The molecule has 0 saturated carbocycles. The SMILES string of the molecule is Fc1ccc(CCCC#Cc2ncn(CCCc3ccccc3)c2-c2ccncc2)cc1. The molecule has 0 N–H and O–H groups in total. The molecule has 0 spiro atoms. The van der Waals surface area contributed by atoms with Gasteiger partial charge in [0.25, 0.3) is 0 Å². The molecule has 0 fully saturated rings. The number of benzene rings is 2. The third-order valence-corrected chi connectivity index (χ3v) is 5.39. The van der Waals surface area contributed by atoms with Crippen LogP contribution in [0.3, 0.4) is 0 Å². The summed E-state index contributed by atoms with van der Waals surface area (Å²) in [5, 5.41) is 0. The second kappa shape index (κ2) is 11.1. The minimum absolute atomic E-state index is 0.198. The largest absolute Gasteiger partial charge is 0.330 e. The van der Waals surface area contributed by atoms with Crippen LogP contribution in [-0.4, -0.2) is 14.5 Å². The maximum absolute atomic E-state index is 13.0.